The number of rotatable bonds is 5. The van der Waals surface area contributed by atoms with Crippen LogP contribution >= 0.6 is 0 Å². The first-order chi connectivity index (χ1) is 13.6. The Balaban J connectivity index is 1.58. The summed E-state index contributed by atoms with van der Waals surface area (Å²) in [6, 6.07) is 13.7. The monoisotopic (exact) mass is 399 g/mol. The molecule has 0 N–H and O–H groups in total. The maximum absolute atomic E-state index is 12.9. The second-order valence-electron chi connectivity index (χ2n) is 6.21. The number of aromatic nitrogens is 3. The molecule has 1 fully saturated rings. The zero-order valence-electron chi connectivity index (χ0n) is 14.9. The molecule has 1 saturated heterocycles. The molecule has 0 unspecified atom stereocenters. The Hall–Kier alpha value is -3.00. The normalized spacial score (nSPS) is 15.4. The van der Waals surface area contributed by atoms with Crippen molar-refractivity contribution < 1.29 is 18.0 Å². The van der Waals surface area contributed by atoms with Gasteiger partial charge in [0.15, 0.2) is 0 Å². The van der Waals surface area contributed by atoms with Gasteiger partial charge in [0, 0.05) is 13.1 Å². The van der Waals surface area contributed by atoms with Crippen molar-refractivity contribution >= 4 is 21.1 Å². The van der Waals surface area contributed by atoms with Crippen molar-refractivity contribution in [3.63, 3.8) is 0 Å². The van der Waals surface area contributed by atoms with Gasteiger partial charge in [-0.15, -0.1) is 5.10 Å². The predicted molar refractivity (Wildman–Crippen MR) is 98.5 cm³/mol. The largest absolute Gasteiger partial charge is 0.390 e. The van der Waals surface area contributed by atoms with Crippen LogP contribution in [0.15, 0.2) is 47.4 Å². The molecule has 1 aliphatic heterocycles. The van der Waals surface area contributed by atoms with Gasteiger partial charge in [0.2, 0.25) is 10.0 Å². The van der Waals surface area contributed by atoms with E-state index in [0.29, 0.717) is 42.9 Å². The topological polar surface area (TPSA) is 110 Å². The molecule has 3 aromatic rings. The summed E-state index contributed by atoms with van der Waals surface area (Å²) in [5.41, 5.74) is 2.40. The molecule has 2 heterocycles. The van der Waals surface area contributed by atoms with Gasteiger partial charge in [-0.2, -0.15) is 9.57 Å². The van der Waals surface area contributed by atoms with Crippen molar-refractivity contribution in [1.29, 1.82) is 5.26 Å². The van der Waals surface area contributed by atoms with Gasteiger partial charge in [-0.3, -0.25) is 0 Å². The van der Waals surface area contributed by atoms with Gasteiger partial charge in [0.1, 0.15) is 17.6 Å². The Bertz CT molecular complexity index is 1130. The number of ether oxygens (including phenoxy) is 1. The lowest BCUT2D eigenvalue weighted by molar-refractivity contribution is 0.0729. The first-order valence-corrected chi connectivity index (χ1v) is 10.1. The summed E-state index contributed by atoms with van der Waals surface area (Å²) in [5.74, 6) is 0. The molecule has 0 amide bonds. The van der Waals surface area contributed by atoms with Gasteiger partial charge in [0.25, 0.3) is 0 Å². The lowest BCUT2D eigenvalue weighted by Gasteiger charge is -2.26. The zero-order chi connectivity index (χ0) is 19.6. The number of benzene rings is 2. The Morgan fingerprint density at radius 2 is 1.89 bits per heavy atom. The van der Waals surface area contributed by atoms with E-state index in [2.05, 4.69) is 16.4 Å². The molecule has 2 aromatic carbocycles. The Kier molecular flexibility index (Phi) is 4.95. The van der Waals surface area contributed by atoms with E-state index in [-0.39, 0.29) is 11.5 Å². The van der Waals surface area contributed by atoms with Crippen LogP contribution in [-0.4, -0.2) is 54.2 Å². The van der Waals surface area contributed by atoms with Crippen LogP contribution in [0.5, 0.6) is 0 Å². The third-order valence-corrected chi connectivity index (χ3v) is 6.33. The van der Waals surface area contributed by atoms with E-state index in [1.54, 1.807) is 30.3 Å². The predicted octanol–water partition coefficient (Wildman–Crippen LogP) is 0.953. The van der Waals surface area contributed by atoms with Gasteiger partial charge in [-0.05, 0) is 41.1 Å². The summed E-state index contributed by atoms with van der Waals surface area (Å²) in [7, 11) is -3.62. The van der Waals surface area contributed by atoms with E-state index >= 15 is 0 Å². The fourth-order valence-corrected chi connectivity index (χ4v) is 4.31. The Labute approximate surface area is 161 Å². The summed E-state index contributed by atoms with van der Waals surface area (Å²) in [5, 5.41) is 16.8. The molecule has 1 aliphatic rings. The van der Waals surface area contributed by atoms with Crippen molar-refractivity contribution in [2.45, 2.75) is 11.5 Å². The quantitative estimate of drug-likeness (QED) is 0.628. The van der Waals surface area contributed by atoms with Crippen molar-refractivity contribution in [1.82, 2.24) is 19.5 Å². The first kappa shape index (κ1) is 18.4. The minimum absolute atomic E-state index is 0.160. The number of sulfonamides is 1. The molecule has 4 rings (SSSR count). The van der Waals surface area contributed by atoms with Crippen molar-refractivity contribution in [2.75, 3.05) is 26.3 Å². The number of nitriles is 1. The summed E-state index contributed by atoms with van der Waals surface area (Å²) in [4.78, 5) is 7.04. The van der Waals surface area contributed by atoms with Crippen molar-refractivity contribution in [2.24, 2.45) is 0 Å². The third kappa shape index (κ3) is 3.55. The molecule has 9 nitrogen and oxygen atoms in total. The second kappa shape index (κ2) is 7.55. The molecule has 0 spiro atoms. The maximum atomic E-state index is 12.9. The van der Waals surface area contributed by atoms with Crippen LogP contribution in [0.2, 0.25) is 0 Å². The van der Waals surface area contributed by atoms with E-state index in [0.717, 1.165) is 5.56 Å². The lowest BCUT2D eigenvalue weighted by atomic mass is 10.2. The summed E-state index contributed by atoms with van der Waals surface area (Å²) in [6.45, 7) is 1.62. The van der Waals surface area contributed by atoms with E-state index in [1.165, 1.54) is 21.3 Å². The standard InChI is InChI=1S/C18H17N5O4S/c19-12-14-1-3-15(4-2-14)13-27-23-18-11-16(5-6-17(18)20-21-23)28(24,25)22-7-9-26-10-8-22/h1-6,11H,7-10,13H2. The highest BCUT2D eigenvalue weighted by Crippen LogP contribution is 2.21. The molecule has 10 heteroatoms. The van der Waals surface area contributed by atoms with Crippen LogP contribution < -0.4 is 4.84 Å². The summed E-state index contributed by atoms with van der Waals surface area (Å²) >= 11 is 0. The maximum Gasteiger partial charge on any atom is 0.243 e. The highest BCUT2D eigenvalue weighted by atomic mass is 32.2. The van der Waals surface area contributed by atoms with Crippen LogP contribution in [-0.2, 0) is 21.4 Å². The highest BCUT2D eigenvalue weighted by Gasteiger charge is 2.27. The van der Waals surface area contributed by atoms with Gasteiger partial charge in [-0.25, -0.2) is 8.42 Å². The number of nitrogens with zero attached hydrogens (tertiary/aromatic N) is 5. The molecule has 28 heavy (non-hydrogen) atoms. The number of morpholine rings is 1. The Morgan fingerprint density at radius 3 is 2.61 bits per heavy atom. The minimum Gasteiger partial charge on any atom is -0.390 e. The van der Waals surface area contributed by atoms with Crippen LogP contribution in [0.1, 0.15) is 11.1 Å². The van der Waals surface area contributed by atoms with Crippen molar-refractivity contribution in [3.05, 3.63) is 53.6 Å². The third-order valence-electron chi connectivity index (χ3n) is 4.43. The lowest BCUT2D eigenvalue weighted by Crippen LogP contribution is -2.40. The van der Waals surface area contributed by atoms with E-state index in [4.69, 9.17) is 14.8 Å². The molecule has 0 atom stereocenters. The van der Waals surface area contributed by atoms with Gasteiger partial charge in [0.05, 0.1) is 29.7 Å². The number of hydrogen-bond donors (Lipinski definition) is 0. The fraction of sp³-hybridized carbons (Fsp3) is 0.278. The smallest absolute Gasteiger partial charge is 0.243 e. The average molecular weight is 399 g/mol. The molecule has 144 valence electrons. The molecular weight excluding hydrogens is 382 g/mol. The van der Waals surface area contributed by atoms with Crippen LogP contribution in [0, 0.1) is 11.3 Å². The molecule has 0 radical (unpaired) electrons. The van der Waals surface area contributed by atoms with Crippen LogP contribution in [0.3, 0.4) is 0 Å². The average Bonchev–Trinajstić information content (AvgIpc) is 3.15. The molecule has 0 aliphatic carbocycles. The highest BCUT2D eigenvalue weighted by molar-refractivity contribution is 7.89. The Morgan fingerprint density at radius 1 is 1.14 bits per heavy atom. The van der Waals surface area contributed by atoms with Crippen LogP contribution in [0.25, 0.3) is 11.0 Å². The molecule has 1 aromatic heterocycles. The van der Waals surface area contributed by atoms with E-state index in [9.17, 15) is 8.42 Å². The van der Waals surface area contributed by atoms with Gasteiger partial charge < -0.3 is 9.57 Å². The van der Waals surface area contributed by atoms with Crippen LogP contribution in [0.4, 0.5) is 0 Å². The fourth-order valence-electron chi connectivity index (χ4n) is 2.88. The molecule has 0 bridgehead atoms. The SMILES string of the molecule is N#Cc1ccc(COn2nnc3ccc(S(=O)(=O)N4CCOCC4)cc32)cc1. The number of hydrogen-bond acceptors (Lipinski definition) is 7. The minimum atomic E-state index is -3.62. The molecular formula is C18H17N5O4S. The van der Waals surface area contributed by atoms with E-state index in [1.807, 2.05) is 0 Å². The first-order valence-electron chi connectivity index (χ1n) is 8.63. The molecule has 0 saturated carbocycles. The zero-order valence-corrected chi connectivity index (χ0v) is 15.7. The van der Waals surface area contributed by atoms with E-state index < -0.39 is 10.0 Å². The number of fused-ring (bicyclic) bond motifs is 1. The van der Waals surface area contributed by atoms with Crippen molar-refractivity contribution in [3.8, 4) is 6.07 Å². The second-order valence-corrected chi connectivity index (χ2v) is 8.15. The van der Waals surface area contributed by atoms with Gasteiger partial charge in [-0.1, -0.05) is 17.0 Å². The van der Waals surface area contributed by atoms with Gasteiger partial charge >= 0.3 is 0 Å². The summed E-state index contributed by atoms with van der Waals surface area (Å²) in [6.07, 6.45) is 0. The summed E-state index contributed by atoms with van der Waals surface area (Å²) < 4.78 is 32.3.